The van der Waals surface area contributed by atoms with Crippen molar-refractivity contribution < 1.29 is 0 Å². The summed E-state index contributed by atoms with van der Waals surface area (Å²) in [5.74, 6) is 1.49. The number of rotatable bonds is 3. The Balaban J connectivity index is 1.74. The Morgan fingerprint density at radius 3 is 2.95 bits per heavy atom. The lowest BCUT2D eigenvalue weighted by molar-refractivity contribution is 0.216. The van der Waals surface area contributed by atoms with Crippen molar-refractivity contribution >= 4 is 0 Å². The van der Waals surface area contributed by atoms with Crippen LogP contribution in [0.25, 0.3) is 0 Å². The summed E-state index contributed by atoms with van der Waals surface area (Å²) in [6.07, 6.45) is 5.27. The summed E-state index contributed by atoms with van der Waals surface area (Å²) in [6.45, 7) is 5.62. The van der Waals surface area contributed by atoms with Gasteiger partial charge in [-0.3, -0.25) is 4.90 Å². The molecular formula is C17H26N2. The molecule has 3 atom stereocenters. The van der Waals surface area contributed by atoms with E-state index in [4.69, 9.17) is 5.73 Å². The second-order valence-electron chi connectivity index (χ2n) is 6.35. The van der Waals surface area contributed by atoms with Gasteiger partial charge in [0.25, 0.3) is 0 Å². The average Bonchev–Trinajstić information content (AvgIpc) is 2.79. The van der Waals surface area contributed by atoms with Crippen molar-refractivity contribution in [2.75, 3.05) is 19.6 Å². The summed E-state index contributed by atoms with van der Waals surface area (Å²) in [5.41, 5.74) is 9.15. The Labute approximate surface area is 117 Å². The summed E-state index contributed by atoms with van der Waals surface area (Å²) < 4.78 is 0. The zero-order valence-electron chi connectivity index (χ0n) is 12.0. The van der Waals surface area contributed by atoms with Crippen LogP contribution in [0.15, 0.2) is 24.3 Å². The van der Waals surface area contributed by atoms with Crippen molar-refractivity contribution in [3.63, 3.8) is 0 Å². The van der Waals surface area contributed by atoms with E-state index in [-0.39, 0.29) is 0 Å². The molecule has 0 aromatic heterocycles. The van der Waals surface area contributed by atoms with Gasteiger partial charge >= 0.3 is 0 Å². The van der Waals surface area contributed by atoms with E-state index in [2.05, 4.69) is 36.1 Å². The Hall–Kier alpha value is -0.860. The minimum absolute atomic E-state index is 0.606. The highest BCUT2D eigenvalue weighted by Crippen LogP contribution is 2.34. The second-order valence-corrected chi connectivity index (χ2v) is 6.35. The van der Waals surface area contributed by atoms with Crippen LogP contribution in [0.5, 0.6) is 0 Å². The van der Waals surface area contributed by atoms with Crippen LogP contribution in [0.3, 0.4) is 0 Å². The first-order valence-corrected chi connectivity index (χ1v) is 7.81. The molecule has 1 aliphatic carbocycles. The van der Waals surface area contributed by atoms with Crippen LogP contribution in [-0.4, -0.2) is 30.6 Å². The molecule has 0 bridgehead atoms. The third kappa shape index (κ3) is 2.56. The van der Waals surface area contributed by atoms with Gasteiger partial charge in [0.15, 0.2) is 0 Å². The third-order valence-corrected chi connectivity index (χ3v) is 5.19. The lowest BCUT2D eigenvalue weighted by Crippen LogP contribution is -2.40. The van der Waals surface area contributed by atoms with Gasteiger partial charge in [0.1, 0.15) is 0 Å². The lowest BCUT2D eigenvalue weighted by atomic mass is 9.82. The van der Waals surface area contributed by atoms with E-state index in [1.54, 1.807) is 11.1 Å². The maximum atomic E-state index is 5.97. The molecule has 0 amide bonds. The van der Waals surface area contributed by atoms with Crippen molar-refractivity contribution in [3.8, 4) is 0 Å². The van der Waals surface area contributed by atoms with Gasteiger partial charge in [-0.15, -0.1) is 0 Å². The molecule has 2 nitrogen and oxygen atoms in total. The first-order valence-electron chi connectivity index (χ1n) is 7.81. The fourth-order valence-corrected chi connectivity index (χ4v) is 4.02. The van der Waals surface area contributed by atoms with E-state index >= 15 is 0 Å². The predicted octanol–water partition coefficient (Wildman–Crippen LogP) is 2.78. The van der Waals surface area contributed by atoms with Gasteiger partial charge in [-0.05, 0) is 55.2 Å². The van der Waals surface area contributed by atoms with Gasteiger partial charge in [0.2, 0.25) is 0 Å². The van der Waals surface area contributed by atoms with Crippen LogP contribution in [0.2, 0.25) is 0 Å². The summed E-state index contributed by atoms with van der Waals surface area (Å²) in [5, 5.41) is 0. The molecule has 19 heavy (non-hydrogen) atoms. The SMILES string of the molecule is CC1CCN(CC2CCCc3ccccc32)C1CN. The normalized spacial score (nSPS) is 31.4. The molecule has 1 fully saturated rings. The number of fused-ring (bicyclic) bond motifs is 1. The zero-order chi connectivity index (χ0) is 13.2. The quantitative estimate of drug-likeness (QED) is 0.903. The fraction of sp³-hybridized carbons (Fsp3) is 0.647. The van der Waals surface area contributed by atoms with E-state index < -0.39 is 0 Å². The van der Waals surface area contributed by atoms with Gasteiger partial charge in [0, 0.05) is 19.1 Å². The Kier molecular flexibility index (Phi) is 3.90. The topological polar surface area (TPSA) is 29.3 Å². The first kappa shape index (κ1) is 13.1. The molecule has 1 aromatic rings. The zero-order valence-corrected chi connectivity index (χ0v) is 12.0. The summed E-state index contributed by atoms with van der Waals surface area (Å²) >= 11 is 0. The number of hydrogen-bond donors (Lipinski definition) is 1. The number of hydrogen-bond acceptors (Lipinski definition) is 2. The van der Waals surface area contributed by atoms with Crippen molar-refractivity contribution in [3.05, 3.63) is 35.4 Å². The molecule has 1 saturated heterocycles. The minimum Gasteiger partial charge on any atom is -0.329 e. The molecule has 0 spiro atoms. The van der Waals surface area contributed by atoms with Gasteiger partial charge in [-0.25, -0.2) is 0 Å². The van der Waals surface area contributed by atoms with Crippen molar-refractivity contribution in [2.45, 2.75) is 44.6 Å². The number of likely N-dealkylation sites (tertiary alicyclic amines) is 1. The van der Waals surface area contributed by atoms with E-state index in [1.807, 2.05) is 0 Å². The molecule has 1 heterocycles. The van der Waals surface area contributed by atoms with Crippen LogP contribution in [0, 0.1) is 5.92 Å². The number of nitrogens with zero attached hydrogens (tertiary/aromatic N) is 1. The van der Waals surface area contributed by atoms with E-state index in [0.29, 0.717) is 6.04 Å². The molecule has 1 aromatic carbocycles. The molecule has 0 radical (unpaired) electrons. The van der Waals surface area contributed by atoms with Crippen LogP contribution < -0.4 is 5.73 Å². The molecule has 2 heteroatoms. The average molecular weight is 258 g/mol. The summed E-state index contributed by atoms with van der Waals surface area (Å²) in [7, 11) is 0. The van der Waals surface area contributed by atoms with Gasteiger partial charge in [0.05, 0.1) is 0 Å². The molecule has 3 unspecified atom stereocenters. The maximum absolute atomic E-state index is 5.97. The Morgan fingerprint density at radius 2 is 2.11 bits per heavy atom. The molecule has 0 saturated carbocycles. The van der Waals surface area contributed by atoms with Crippen LogP contribution in [0.4, 0.5) is 0 Å². The van der Waals surface area contributed by atoms with Crippen molar-refractivity contribution in [1.29, 1.82) is 0 Å². The predicted molar refractivity (Wildman–Crippen MR) is 80.3 cm³/mol. The summed E-state index contributed by atoms with van der Waals surface area (Å²) in [4.78, 5) is 2.65. The second kappa shape index (κ2) is 5.64. The minimum atomic E-state index is 0.606. The van der Waals surface area contributed by atoms with Crippen LogP contribution in [-0.2, 0) is 6.42 Å². The Morgan fingerprint density at radius 1 is 1.26 bits per heavy atom. The number of aryl methyl sites for hydroxylation is 1. The molecule has 1 aliphatic heterocycles. The Bertz CT molecular complexity index is 429. The molecule has 2 N–H and O–H groups in total. The monoisotopic (exact) mass is 258 g/mol. The van der Waals surface area contributed by atoms with Gasteiger partial charge in [-0.2, -0.15) is 0 Å². The fourth-order valence-electron chi connectivity index (χ4n) is 4.02. The largest absolute Gasteiger partial charge is 0.329 e. The number of benzene rings is 1. The van der Waals surface area contributed by atoms with Crippen LogP contribution >= 0.6 is 0 Å². The standard InChI is InChI=1S/C17H26N2/c1-13-9-10-19(17(13)11-18)12-15-7-4-6-14-5-2-3-8-16(14)15/h2-3,5,8,13,15,17H,4,6-7,9-12,18H2,1H3. The number of nitrogens with two attached hydrogens (primary N) is 1. The van der Waals surface area contributed by atoms with Gasteiger partial charge < -0.3 is 5.73 Å². The smallest absolute Gasteiger partial charge is 0.0244 e. The van der Waals surface area contributed by atoms with Gasteiger partial charge in [-0.1, -0.05) is 31.2 Å². The van der Waals surface area contributed by atoms with Crippen molar-refractivity contribution in [2.24, 2.45) is 11.7 Å². The van der Waals surface area contributed by atoms with Crippen LogP contribution in [0.1, 0.15) is 43.2 Å². The molecule has 2 aliphatic rings. The first-order chi connectivity index (χ1) is 9.29. The van der Waals surface area contributed by atoms with Crippen molar-refractivity contribution in [1.82, 2.24) is 4.90 Å². The highest BCUT2D eigenvalue weighted by molar-refractivity contribution is 5.32. The molecule has 104 valence electrons. The lowest BCUT2D eigenvalue weighted by Gasteiger charge is -2.33. The highest BCUT2D eigenvalue weighted by Gasteiger charge is 2.32. The van der Waals surface area contributed by atoms with E-state index in [9.17, 15) is 0 Å². The summed E-state index contributed by atoms with van der Waals surface area (Å²) in [6, 6.07) is 9.64. The third-order valence-electron chi connectivity index (χ3n) is 5.19. The highest BCUT2D eigenvalue weighted by atomic mass is 15.2. The van der Waals surface area contributed by atoms with E-state index in [0.717, 1.165) is 18.4 Å². The molecular weight excluding hydrogens is 232 g/mol. The molecule has 3 rings (SSSR count). The van der Waals surface area contributed by atoms with E-state index in [1.165, 1.54) is 38.8 Å². The maximum Gasteiger partial charge on any atom is 0.0244 e.